The number of methoxy groups -OCH3 is 1. The molecule has 0 aliphatic heterocycles. The Morgan fingerprint density at radius 3 is 2.48 bits per heavy atom. The van der Waals surface area contributed by atoms with Crippen LogP contribution in [-0.2, 0) is 9.53 Å². The fourth-order valence-corrected chi connectivity index (χ4v) is 2.16. The van der Waals surface area contributed by atoms with Crippen molar-refractivity contribution in [2.24, 2.45) is 0 Å². The van der Waals surface area contributed by atoms with E-state index in [9.17, 15) is 4.79 Å². The van der Waals surface area contributed by atoms with E-state index in [0.29, 0.717) is 18.4 Å². The monoisotopic (exact) mass is 294 g/mol. The first-order valence-corrected chi connectivity index (χ1v) is 7.29. The summed E-state index contributed by atoms with van der Waals surface area (Å²) < 4.78 is 10.4. The molecule has 5 heteroatoms. The van der Waals surface area contributed by atoms with E-state index in [-0.39, 0.29) is 18.6 Å². The Labute approximate surface area is 127 Å². The van der Waals surface area contributed by atoms with Gasteiger partial charge in [0.05, 0.1) is 6.61 Å². The number of benzene rings is 1. The number of hydrogen-bond acceptors (Lipinski definition) is 4. The van der Waals surface area contributed by atoms with Crippen LogP contribution in [0.1, 0.15) is 31.9 Å². The van der Waals surface area contributed by atoms with Gasteiger partial charge < -0.3 is 20.1 Å². The van der Waals surface area contributed by atoms with Crippen LogP contribution in [0.5, 0.6) is 5.75 Å². The van der Waals surface area contributed by atoms with E-state index in [4.69, 9.17) is 9.47 Å². The van der Waals surface area contributed by atoms with E-state index in [2.05, 4.69) is 17.6 Å². The molecule has 1 amide bonds. The molecule has 0 saturated carbocycles. The van der Waals surface area contributed by atoms with Gasteiger partial charge in [0, 0.05) is 19.2 Å². The first-order chi connectivity index (χ1) is 10.1. The average Bonchev–Trinajstić information content (AvgIpc) is 2.48. The summed E-state index contributed by atoms with van der Waals surface area (Å²) in [6, 6.07) is 8.14. The molecule has 0 heterocycles. The van der Waals surface area contributed by atoms with Gasteiger partial charge in [-0.3, -0.25) is 4.79 Å². The van der Waals surface area contributed by atoms with Crippen molar-refractivity contribution in [2.45, 2.75) is 32.4 Å². The molecule has 5 nitrogen and oxygen atoms in total. The fourth-order valence-electron chi connectivity index (χ4n) is 2.16. The van der Waals surface area contributed by atoms with Crippen LogP contribution in [0.2, 0.25) is 0 Å². The van der Waals surface area contributed by atoms with Gasteiger partial charge in [-0.05, 0) is 38.1 Å². The summed E-state index contributed by atoms with van der Waals surface area (Å²) in [5.41, 5.74) is 1.21. The van der Waals surface area contributed by atoms with Gasteiger partial charge in [-0.15, -0.1) is 0 Å². The van der Waals surface area contributed by atoms with Crippen LogP contribution in [0.4, 0.5) is 0 Å². The van der Waals surface area contributed by atoms with Crippen LogP contribution in [0.25, 0.3) is 0 Å². The number of rotatable bonds is 9. The maximum absolute atomic E-state index is 11.7. The summed E-state index contributed by atoms with van der Waals surface area (Å²) in [5.74, 6) is 0.546. The van der Waals surface area contributed by atoms with Crippen molar-refractivity contribution in [3.63, 3.8) is 0 Å². The summed E-state index contributed by atoms with van der Waals surface area (Å²) in [7, 11) is 3.56. The van der Waals surface area contributed by atoms with Gasteiger partial charge in [0.25, 0.3) is 5.91 Å². The normalized spacial score (nSPS) is 13.5. The van der Waals surface area contributed by atoms with Crippen LogP contribution in [0, 0.1) is 0 Å². The van der Waals surface area contributed by atoms with Gasteiger partial charge in [-0.2, -0.15) is 0 Å². The highest BCUT2D eigenvalue weighted by atomic mass is 16.5. The van der Waals surface area contributed by atoms with Gasteiger partial charge in [0.2, 0.25) is 0 Å². The second kappa shape index (κ2) is 9.37. The van der Waals surface area contributed by atoms with Crippen molar-refractivity contribution in [1.29, 1.82) is 0 Å². The Balaban J connectivity index is 2.44. The molecule has 2 unspecified atom stereocenters. The minimum absolute atomic E-state index is 0.0106. The van der Waals surface area contributed by atoms with E-state index in [1.807, 2.05) is 38.2 Å². The zero-order valence-corrected chi connectivity index (χ0v) is 13.3. The van der Waals surface area contributed by atoms with E-state index in [1.165, 1.54) is 5.56 Å². The van der Waals surface area contributed by atoms with Crippen molar-refractivity contribution in [1.82, 2.24) is 10.6 Å². The van der Waals surface area contributed by atoms with Crippen molar-refractivity contribution >= 4 is 5.91 Å². The molecule has 118 valence electrons. The van der Waals surface area contributed by atoms with Crippen LogP contribution >= 0.6 is 0 Å². The lowest BCUT2D eigenvalue weighted by molar-refractivity contribution is -0.124. The summed E-state index contributed by atoms with van der Waals surface area (Å²) >= 11 is 0. The van der Waals surface area contributed by atoms with E-state index in [1.54, 1.807) is 7.11 Å². The highest BCUT2D eigenvalue weighted by molar-refractivity contribution is 5.77. The predicted octanol–water partition coefficient (Wildman–Crippen LogP) is 1.89. The number of carbonyl (C=O) groups excluding carboxylic acids is 1. The molecule has 1 aromatic rings. The maximum atomic E-state index is 11.7. The van der Waals surface area contributed by atoms with Crippen molar-refractivity contribution < 1.29 is 14.3 Å². The lowest BCUT2D eigenvalue weighted by Crippen LogP contribution is -2.38. The summed E-state index contributed by atoms with van der Waals surface area (Å²) in [5, 5.41) is 6.05. The van der Waals surface area contributed by atoms with E-state index >= 15 is 0 Å². The zero-order chi connectivity index (χ0) is 15.7. The van der Waals surface area contributed by atoms with Gasteiger partial charge in [-0.25, -0.2) is 0 Å². The van der Waals surface area contributed by atoms with Crippen LogP contribution in [0.15, 0.2) is 24.3 Å². The Morgan fingerprint density at radius 2 is 1.95 bits per heavy atom. The number of carbonyl (C=O) groups is 1. The average molecular weight is 294 g/mol. The Bertz CT molecular complexity index is 416. The smallest absolute Gasteiger partial charge is 0.258 e. The highest BCUT2D eigenvalue weighted by Gasteiger charge is 2.09. The van der Waals surface area contributed by atoms with E-state index < -0.39 is 0 Å². The summed E-state index contributed by atoms with van der Waals surface area (Å²) in [6.45, 7) is 4.52. The summed E-state index contributed by atoms with van der Waals surface area (Å²) in [6.07, 6.45) is 1.02. The number of ether oxygens (including phenoxy) is 2. The molecular weight excluding hydrogens is 268 g/mol. The molecule has 0 bridgehead atoms. The molecule has 2 N–H and O–H groups in total. The van der Waals surface area contributed by atoms with E-state index in [0.717, 1.165) is 6.42 Å². The predicted molar refractivity (Wildman–Crippen MR) is 83.5 cm³/mol. The molecule has 0 aromatic heterocycles. The Morgan fingerprint density at radius 1 is 1.29 bits per heavy atom. The zero-order valence-electron chi connectivity index (χ0n) is 13.3. The molecule has 0 aliphatic rings. The first kappa shape index (κ1) is 17.5. The lowest BCUT2D eigenvalue weighted by Gasteiger charge is -2.15. The molecule has 21 heavy (non-hydrogen) atoms. The van der Waals surface area contributed by atoms with Gasteiger partial charge in [-0.1, -0.05) is 19.1 Å². The molecule has 2 atom stereocenters. The Kier molecular flexibility index (Phi) is 7.79. The quantitative estimate of drug-likeness (QED) is 0.730. The second-order valence-corrected chi connectivity index (χ2v) is 5.03. The number of nitrogens with one attached hydrogen (secondary N) is 2. The first-order valence-electron chi connectivity index (χ1n) is 7.29. The van der Waals surface area contributed by atoms with Crippen molar-refractivity contribution in [3.8, 4) is 5.75 Å². The molecular formula is C16H26N2O3. The van der Waals surface area contributed by atoms with Crippen molar-refractivity contribution in [3.05, 3.63) is 29.8 Å². The van der Waals surface area contributed by atoms with Crippen molar-refractivity contribution in [2.75, 3.05) is 27.4 Å². The minimum Gasteiger partial charge on any atom is -0.484 e. The van der Waals surface area contributed by atoms with Crippen LogP contribution in [-0.4, -0.2) is 39.3 Å². The Hall–Kier alpha value is -1.59. The molecule has 0 radical (unpaired) electrons. The lowest BCUT2D eigenvalue weighted by atomic mass is 10.1. The van der Waals surface area contributed by atoms with Gasteiger partial charge in [0.15, 0.2) is 6.61 Å². The van der Waals surface area contributed by atoms with Gasteiger partial charge in [0.1, 0.15) is 5.75 Å². The third-order valence-electron chi connectivity index (χ3n) is 3.23. The molecule has 1 rings (SSSR count). The molecule has 0 spiro atoms. The molecule has 0 aliphatic carbocycles. The van der Waals surface area contributed by atoms with Crippen LogP contribution < -0.4 is 15.4 Å². The fraction of sp³-hybridized carbons (Fsp3) is 0.562. The molecule has 0 fully saturated rings. The number of amides is 1. The SMILES string of the molecule is CCC(NC)c1ccc(OCC(=O)NC(C)COC)cc1. The largest absolute Gasteiger partial charge is 0.484 e. The highest BCUT2D eigenvalue weighted by Crippen LogP contribution is 2.19. The molecule has 1 aromatic carbocycles. The third kappa shape index (κ3) is 6.14. The topological polar surface area (TPSA) is 59.6 Å². The second-order valence-electron chi connectivity index (χ2n) is 5.03. The standard InChI is InChI=1S/C16H26N2O3/c1-5-15(17-3)13-6-8-14(9-7-13)21-11-16(19)18-12(2)10-20-4/h6-9,12,15,17H,5,10-11H2,1-4H3,(H,18,19). The van der Waals surface area contributed by atoms with Gasteiger partial charge >= 0.3 is 0 Å². The number of hydrogen-bond donors (Lipinski definition) is 2. The molecule has 0 saturated heterocycles. The maximum Gasteiger partial charge on any atom is 0.258 e. The van der Waals surface area contributed by atoms with Crippen LogP contribution in [0.3, 0.4) is 0 Å². The summed E-state index contributed by atoms with van der Waals surface area (Å²) in [4.78, 5) is 11.7. The third-order valence-corrected chi connectivity index (χ3v) is 3.23. The minimum atomic E-state index is -0.148.